The van der Waals surface area contributed by atoms with E-state index in [2.05, 4.69) is 5.32 Å². The Bertz CT molecular complexity index is 597. The molecule has 1 atom stereocenters. The maximum Gasteiger partial charge on any atom is 0.159 e. The molecule has 1 nitrogen and oxygen atoms in total. The topological polar surface area (TPSA) is 12.0 Å². The van der Waals surface area contributed by atoms with Crippen molar-refractivity contribution >= 4 is 23.2 Å². The molecule has 0 aliphatic carbocycles. The van der Waals surface area contributed by atoms with Crippen molar-refractivity contribution < 1.29 is 8.78 Å². The van der Waals surface area contributed by atoms with Crippen LogP contribution in [0.5, 0.6) is 0 Å². The summed E-state index contributed by atoms with van der Waals surface area (Å²) < 4.78 is 26.0. The van der Waals surface area contributed by atoms with Gasteiger partial charge in [-0.2, -0.15) is 0 Å². The monoisotopic (exact) mass is 315 g/mol. The van der Waals surface area contributed by atoms with Crippen LogP contribution >= 0.6 is 23.2 Å². The predicted molar refractivity (Wildman–Crippen MR) is 78.1 cm³/mol. The molecule has 2 rings (SSSR count). The maximum absolute atomic E-state index is 13.2. The minimum Gasteiger partial charge on any atom is -0.306 e. The molecule has 1 N–H and O–H groups in total. The smallest absolute Gasteiger partial charge is 0.159 e. The second kappa shape index (κ2) is 6.53. The number of halogens is 4. The molecular formula is C15H13Cl2F2N. The Morgan fingerprint density at radius 2 is 1.65 bits per heavy atom. The summed E-state index contributed by atoms with van der Waals surface area (Å²) in [5.41, 5.74) is 1.61. The van der Waals surface area contributed by atoms with E-state index in [-0.39, 0.29) is 6.04 Å². The molecule has 20 heavy (non-hydrogen) atoms. The Hall–Kier alpha value is -1.16. The largest absolute Gasteiger partial charge is 0.306 e. The molecule has 0 fully saturated rings. The van der Waals surface area contributed by atoms with Crippen LogP contribution < -0.4 is 5.32 Å². The summed E-state index contributed by atoms with van der Waals surface area (Å²) in [6, 6.07) is 9.02. The van der Waals surface area contributed by atoms with Gasteiger partial charge in [-0.25, -0.2) is 8.78 Å². The van der Waals surface area contributed by atoms with Gasteiger partial charge in [0.25, 0.3) is 0 Å². The van der Waals surface area contributed by atoms with Crippen molar-refractivity contribution in [3.05, 3.63) is 69.2 Å². The van der Waals surface area contributed by atoms with Crippen molar-refractivity contribution in [1.29, 1.82) is 0 Å². The third-order valence-electron chi connectivity index (χ3n) is 2.98. The summed E-state index contributed by atoms with van der Waals surface area (Å²) in [6.07, 6.45) is 0. The maximum atomic E-state index is 13.2. The summed E-state index contributed by atoms with van der Waals surface area (Å²) in [4.78, 5) is 0. The summed E-state index contributed by atoms with van der Waals surface area (Å²) in [7, 11) is 0. The normalized spacial score (nSPS) is 12.4. The van der Waals surface area contributed by atoms with Crippen LogP contribution in [-0.4, -0.2) is 0 Å². The van der Waals surface area contributed by atoms with Gasteiger partial charge in [-0.1, -0.05) is 29.3 Å². The highest BCUT2D eigenvalue weighted by atomic mass is 35.5. The molecule has 0 aliphatic rings. The van der Waals surface area contributed by atoms with Gasteiger partial charge in [0.05, 0.1) is 0 Å². The Morgan fingerprint density at radius 1 is 1.00 bits per heavy atom. The quantitative estimate of drug-likeness (QED) is 0.825. The van der Waals surface area contributed by atoms with Crippen LogP contribution in [0.4, 0.5) is 8.78 Å². The van der Waals surface area contributed by atoms with Gasteiger partial charge in [0, 0.05) is 22.6 Å². The fourth-order valence-corrected chi connectivity index (χ4v) is 2.45. The van der Waals surface area contributed by atoms with Crippen molar-refractivity contribution in [3.8, 4) is 0 Å². The van der Waals surface area contributed by atoms with Gasteiger partial charge in [-0.05, 0) is 48.4 Å². The first-order valence-corrected chi connectivity index (χ1v) is 6.84. The highest BCUT2D eigenvalue weighted by Crippen LogP contribution is 2.20. The van der Waals surface area contributed by atoms with E-state index in [4.69, 9.17) is 23.2 Å². The summed E-state index contributed by atoms with van der Waals surface area (Å²) >= 11 is 11.8. The zero-order valence-electron chi connectivity index (χ0n) is 10.8. The molecule has 1 unspecified atom stereocenters. The van der Waals surface area contributed by atoms with Crippen molar-refractivity contribution in [2.75, 3.05) is 0 Å². The lowest BCUT2D eigenvalue weighted by Crippen LogP contribution is -2.18. The van der Waals surface area contributed by atoms with E-state index >= 15 is 0 Å². The molecule has 0 saturated heterocycles. The number of nitrogens with one attached hydrogen (secondary N) is 1. The second-order valence-electron chi connectivity index (χ2n) is 4.55. The first-order valence-electron chi connectivity index (χ1n) is 6.09. The third-order valence-corrected chi connectivity index (χ3v) is 3.41. The molecule has 106 valence electrons. The van der Waals surface area contributed by atoms with Gasteiger partial charge in [0.1, 0.15) is 0 Å². The average molecular weight is 316 g/mol. The molecule has 0 saturated carbocycles. The molecule has 0 aromatic heterocycles. The lowest BCUT2D eigenvalue weighted by atomic mass is 10.1. The minimum atomic E-state index is -0.845. The van der Waals surface area contributed by atoms with E-state index in [1.54, 1.807) is 24.3 Å². The lowest BCUT2D eigenvalue weighted by molar-refractivity contribution is 0.500. The van der Waals surface area contributed by atoms with Crippen LogP contribution in [0.3, 0.4) is 0 Å². The van der Waals surface area contributed by atoms with Gasteiger partial charge in [-0.3, -0.25) is 0 Å². The minimum absolute atomic E-state index is 0.122. The Labute approximate surface area is 126 Å². The van der Waals surface area contributed by atoms with Crippen molar-refractivity contribution in [2.24, 2.45) is 0 Å². The molecule has 0 radical (unpaired) electrons. The average Bonchev–Trinajstić information content (AvgIpc) is 2.38. The molecule has 0 amide bonds. The van der Waals surface area contributed by atoms with Crippen molar-refractivity contribution in [1.82, 2.24) is 5.32 Å². The van der Waals surface area contributed by atoms with E-state index in [0.29, 0.717) is 22.2 Å². The number of rotatable bonds is 4. The van der Waals surface area contributed by atoms with Gasteiger partial charge in [-0.15, -0.1) is 0 Å². The molecule has 0 heterocycles. The van der Waals surface area contributed by atoms with E-state index in [9.17, 15) is 8.78 Å². The third kappa shape index (κ3) is 3.92. The molecule has 0 aliphatic heterocycles. The summed E-state index contributed by atoms with van der Waals surface area (Å²) in [5.74, 6) is -1.69. The van der Waals surface area contributed by atoms with Crippen LogP contribution in [0.2, 0.25) is 10.0 Å². The van der Waals surface area contributed by atoms with Crippen LogP contribution in [0, 0.1) is 11.6 Å². The highest BCUT2D eigenvalue weighted by Gasteiger charge is 2.09. The number of benzene rings is 2. The lowest BCUT2D eigenvalue weighted by Gasteiger charge is -2.15. The van der Waals surface area contributed by atoms with Crippen LogP contribution in [0.15, 0.2) is 36.4 Å². The molecular weight excluding hydrogens is 303 g/mol. The fraction of sp³-hybridized carbons (Fsp3) is 0.200. The molecule has 5 heteroatoms. The first-order chi connectivity index (χ1) is 9.45. The van der Waals surface area contributed by atoms with Gasteiger partial charge >= 0.3 is 0 Å². The zero-order chi connectivity index (χ0) is 14.7. The van der Waals surface area contributed by atoms with E-state index in [1.807, 2.05) is 6.92 Å². The molecule has 0 bridgehead atoms. The van der Waals surface area contributed by atoms with Gasteiger partial charge in [0.2, 0.25) is 0 Å². The number of hydrogen-bond donors (Lipinski definition) is 1. The van der Waals surface area contributed by atoms with E-state index in [0.717, 1.165) is 11.6 Å². The van der Waals surface area contributed by atoms with Crippen molar-refractivity contribution in [3.63, 3.8) is 0 Å². The second-order valence-corrected chi connectivity index (χ2v) is 5.43. The van der Waals surface area contributed by atoms with E-state index < -0.39 is 11.6 Å². The predicted octanol–water partition coefficient (Wildman–Crippen LogP) is 5.12. The summed E-state index contributed by atoms with van der Waals surface area (Å²) in [6.45, 7) is 2.40. The highest BCUT2D eigenvalue weighted by molar-refractivity contribution is 6.34. The Balaban J connectivity index is 2.04. The van der Waals surface area contributed by atoms with E-state index in [1.165, 1.54) is 6.07 Å². The molecule has 2 aromatic carbocycles. The van der Waals surface area contributed by atoms with Crippen molar-refractivity contribution in [2.45, 2.75) is 19.5 Å². The Kier molecular flexibility index (Phi) is 4.97. The summed E-state index contributed by atoms with van der Waals surface area (Å²) in [5, 5.41) is 4.34. The number of hydrogen-bond acceptors (Lipinski definition) is 1. The SMILES string of the molecule is CC(NCc1cc(Cl)cc(Cl)c1)c1ccc(F)c(F)c1. The van der Waals surface area contributed by atoms with Crippen LogP contribution in [0.1, 0.15) is 24.1 Å². The zero-order valence-corrected chi connectivity index (χ0v) is 12.3. The molecule has 2 aromatic rings. The van der Waals surface area contributed by atoms with Gasteiger partial charge < -0.3 is 5.32 Å². The van der Waals surface area contributed by atoms with Crippen LogP contribution in [-0.2, 0) is 6.54 Å². The van der Waals surface area contributed by atoms with Gasteiger partial charge in [0.15, 0.2) is 11.6 Å². The first kappa shape index (κ1) is 15.2. The Morgan fingerprint density at radius 3 is 2.25 bits per heavy atom. The van der Waals surface area contributed by atoms with Crippen LogP contribution in [0.25, 0.3) is 0 Å². The fourth-order valence-electron chi connectivity index (χ4n) is 1.88. The molecule has 0 spiro atoms. The standard InChI is InChI=1S/C15H13Cl2F2N/c1-9(11-2-3-14(18)15(19)6-11)20-8-10-4-12(16)7-13(17)5-10/h2-7,9,20H,8H2,1H3.